The van der Waals surface area contributed by atoms with Gasteiger partial charge in [0.1, 0.15) is 5.75 Å². The average Bonchev–Trinajstić information content (AvgIpc) is 2.66. The molecule has 0 saturated heterocycles. The summed E-state index contributed by atoms with van der Waals surface area (Å²) in [6, 6.07) is 8.74. The van der Waals surface area contributed by atoms with Crippen molar-refractivity contribution < 1.29 is 5.11 Å². The Morgan fingerprint density at radius 3 is 2.44 bits per heavy atom. The molecule has 0 heterocycles. The van der Waals surface area contributed by atoms with E-state index in [1.165, 1.54) is 44.1 Å². The van der Waals surface area contributed by atoms with Crippen molar-refractivity contribution in [3.8, 4) is 5.75 Å². The molecule has 1 N–H and O–H groups in total. The summed E-state index contributed by atoms with van der Waals surface area (Å²) < 4.78 is 0. The molecule has 1 atom stereocenters. The van der Waals surface area contributed by atoms with Crippen molar-refractivity contribution in [1.29, 1.82) is 0 Å². The van der Waals surface area contributed by atoms with Crippen molar-refractivity contribution in [2.45, 2.75) is 57.5 Å². The minimum absolute atomic E-state index is 0.369. The number of aromatic hydroxyl groups is 1. The summed E-state index contributed by atoms with van der Waals surface area (Å²) in [5.74, 6) is 0.369. The fourth-order valence-electron chi connectivity index (χ4n) is 3.00. The second kappa shape index (κ2) is 6.24. The van der Waals surface area contributed by atoms with Gasteiger partial charge in [-0.25, -0.2) is 0 Å². The molecule has 1 aliphatic carbocycles. The van der Waals surface area contributed by atoms with E-state index in [9.17, 15) is 5.11 Å². The summed E-state index contributed by atoms with van der Waals surface area (Å²) in [5.41, 5.74) is 1.21. The van der Waals surface area contributed by atoms with E-state index >= 15 is 0 Å². The van der Waals surface area contributed by atoms with E-state index in [1.807, 2.05) is 12.1 Å². The first-order valence-corrected chi connectivity index (χ1v) is 7.19. The molecule has 1 aliphatic rings. The van der Waals surface area contributed by atoms with Gasteiger partial charge in [0.15, 0.2) is 0 Å². The summed E-state index contributed by atoms with van der Waals surface area (Å²) in [6.07, 6.45) is 8.15. The number of hydrogen-bond donors (Lipinski definition) is 1. The number of phenolic OH excluding ortho intramolecular Hbond substituents is 1. The monoisotopic (exact) mass is 247 g/mol. The quantitative estimate of drug-likeness (QED) is 0.813. The summed E-state index contributed by atoms with van der Waals surface area (Å²) >= 11 is 0. The molecule has 1 fully saturated rings. The van der Waals surface area contributed by atoms with Gasteiger partial charge in [0.2, 0.25) is 0 Å². The maximum Gasteiger partial charge on any atom is 0.115 e. The van der Waals surface area contributed by atoms with Crippen LogP contribution < -0.4 is 0 Å². The Morgan fingerprint density at radius 1 is 1.17 bits per heavy atom. The molecular weight excluding hydrogens is 222 g/mol. The Labute approximate surface area is 111 Å². The first kappa shape index (κ1) is 13.4. The highest BCUT2D eigenvalue weighted by molar-refractivity contribution is 5.29. The van der Waals surface area contributed by atoms with E-state index in [-0.39, 0.29) is 0 Å². The minimum Gasteiger partial charge on any atom is -0.508 e. The Hall–Kier alpha value is -1.02. The summed E-state index contributed by atoms with van der Waals surface area (Å²) in [7, 11) is 2.23. The molecule has 2 heteroatoms. The second-order valence-corrected chi connectivity index (χ2v) is 5.58. The van der Waals surface area contributed by atoms with Crippen LogP contribution in [0.5, 0.6) is 5.75 Å². The summed E-state index contributed by atoms with van der Waals surface area (Å²) in [6.45, 7) is 2.24. The van der Waals surface area contributed by atoms with Crippen LogP contribution in [0.3, 0.4) is 0 Å². The molecule has 1 aromatic rings. The molecule has 2 rings (SSSR count). The van der Waals surface area contributed by atoms with E-state index < -0.39 is 0 Å². The lowest BCUT2D eigenvalue weighted by molar-refractivity contribution is 0.168. The van der Waals surface area contributed by atoms with E-state index in [1.54, 1.807) is 6.07 Å². The lowest BCUT2D eigenvalue weighted by atomic mass is 10.0. The van der Waals surface area contributed by atoms with Crippen molar-refractivity contribution in [2.75, 3.05) is 7.05 Å². The van der Waals surface area contributed by atoms with Crippen LogP contribution in [0.1, 0.15) is 57.1 Å². The van der Waals surface area contributed by atoms with Crippen LogP contribution in [0.4, 0.5) is 0 Å². The highest BCUT2D eigenvalue weighted by Crippen LogP contribution is 2.29. The van der Waals surface area contributed by atoms with Gasteiger partial charge in [0.25, 0.3) is 0 Å². The van der Waals surface area contributed by atoms with E-state index in [0.717, 1.165) is 0 Å². The maximum atomic E-state index is 9.58. The zero-order valence-corrected chi connectivity index (χ0v) is 11.6. The van der Waals surface area contributed by atoms with Gasteiger partial charge in [0.05, 0.1) is 0 Å². The van der Waals surface area contributed by atoms with Crippen LogP contribution in [0.2, 0.25) is 0 Å². The fraction of sp³-hybridized carbons (Fsp3) is 0.625. The van der Waals surface area contributed by atoms with Gasteiger partial charge in [-0.2, -0.15) is 0 Å². The number of hydrogen-bond acceptors (Lipinski definition) is 2. The van der Waals surface area contributed by atoms with Crippen molar-refractivity contribution in [3.05, 3.63) is 29.8 Å². The number of phenols is 1. The third kappa shape index (κ3) is 3.26. The highest BCUT2D eigenvalue weighted by Gasteiger charge is 2.22. The van der Waals surface area contributed by atoms with Crippen molar-refractivity contribution >= 4 is 0 Å². The predicted octanol–water partition coefficient (Wildman–Crippen LogP) is 4.11. The van der Waals surface area contributed by atoms with Crippen LogP contribution >= 0.6 is 0 Å². The van der Waals surface area contributed by atoms with Gasteiger partial charge < -0.3 is 5.11 Å². The Morgan fingerprint density at radius 2 is 1.83 bits per heavy atom. The normalized spacial score (nSPS) is 19.7. The van der Waals surface area contributed by atoms with Gasteiger partial charge in [-0.1, -0.05) is 37.8 Å². The van der Waals surface area contributed by atoms with Crippen LogP contribution in [0.15, 0.2) is 24.3 Å². The van der Waals surface area contributed by atoms with Crippen molar-refractivity contribution in [3.63, 3.8) is 0 Å². The van der Waals surface area contributed by atoms with Gasteiger partial charge in [-0.05, 0) is 44.5 Å². The minimum atomic E-state index is 0.369. The molecule has 0 aromatic heterocycles. The number of benzene rings is 1. The summed E-state index contributed by atoms with van der Waals surface area (Å²) in [4.78, 5) is 2.49. The summed E-state index contributed by atoms with van der Waals surface area (Å²) in [5, 5.41) is 9.58. The topological polar surface area (TPSA) is 23.5 Å². The Bertz CT molecular complexity index is 369. The molecule has 2 nitrogen and oxygen atoms in total. The van der Waals surface area contributed by atoms with E-state index in [0.29, 0.717) is 17.8 Å². The van der Waals surface area contributed by atoms with E-state index in [4.69, 9.17) is 0 Å². The molecule has 1 aromatic carbocycles. The van der Waals surface area contributed by atoms with Crippen LogP contribution in [-0.2, 0) is 0 Å². The fourth-order valence-corrected chi connectivity index (χ4v) is 3.00. The Kier molecular flexibility index (Phi) is 4.65. The zero-order chi connectivity index (χ0) is 13.0. The molecule has 1 saturated carbocycles. The lowest BCUT2D eigenvalue weighted by Gasteiger charge is -2.33. The van der Waals surface area contributed by atoms with Crippen LogP contribution in [0.25, 0.3) is 0 Å². The van der Waals surface area contributed by atoms with Gasteiger partial charge >= 0.3 is 0 Å². The molecule has 1 unspecified atom stereocenters. The first-order valence-electron chi connectivity index (χ1n) is 7.19. The van der Waals surface area contributed by atoms with E-state index in [2.05, 4.69) is 24.9 Å². The maximum absolute atomic E-state index is 9.58. The molecule has 0 radical (unpaired) electrons. The number of nitrogens with zero attached hydrogens (tertiary/aromatic N) is 1. The largest absolute Gasteiger partial charge is 0.508 e. The lowest BCUT2D eigenvalue weighted by Crippen LogP contribution is -2.33. The van der Waals surface area contributed by atoms with Crippen molar-refractivity contribution in [2.24, 2.45) is 0 Å². The molecule has 0 bridgehead atoms. The molecule has 0 amide bonds. The smallest absolute Gasteiger partial charge is 0.115 e. The first-order chi connectivity index (χ1) is 8.68. The third-order valence-corrected chi connectivity index (χ3v) is 4.36. The molecule has 0 aliphatic heterocycles. The van der Waals surface area contributed by atoms with Crippen LogP contribution in [0, 0.1) is 0 Å². The average molecular weight is 247 g/mol. The van der Waals surface area contributed by atoms with Gasteiger partial charge in [0, 0.05) is 12.1 Å². The van der Waals surface area contributed by atoms with Gasteiger partial charge in [-0.3, -0.25) is 4.90 Å². The number of rotatable bonds is 3. The second-order valence-electron chi connectivity index (χ2n) is 5.58. The van der Waals surface area contributed by atoms with Crippen molar-refractivity contribution in [1.82, 2.24) is 4.90 Å². The molecule has 100 valence electrons. The molecule has 0 spiro atoms. The van der Waals surface area contributed by atoms with Gasteiger partial charge in [-0.15, -0.1) is 0 Å². The SMILES string of the molecule is CC(c1cccc(O)c1)N(C)C1CCCCCC1. The third-order valence-electron chi connectivity index (χ3n) is 4.36. The predicted molar refractivity (Wildman–Crippen MR) is 75.8 cm³/mol. The van der Waals surface area contributed by atoms with Crippen LogP contribution in [-0.4, -0.2) is 23.1 Å². The standard InChI is InChI=1S/C16H25NO/c1-13(14-8-7-11-16(18)12-14)17(2)15-9-5-3-4-6-10-15/h7-8,11-13,15,18H,3-6,9-10H2,1-2H3. The zero-order valence-electron chi connectivity index (χ0n) is 11.6. The molecular formula is C16H25NO. The highest BCUT2D eigenvalue weighted by atomic mass is 16.3. The Balaban J connectivity index is 2.05. The molecule has 18 heavy (non-hydrogen) atoms.